The van der Waals surface area contributed by atoms with Gasteiger partial charge in [-0.2, -0.15) is 0 Å². The summed E-state index contributed by atoms with van der Waals surface area (Å²) >= 11 is 0. The van der Waals surface area contributed by atoms with E-state index in [-0.39, 0.29) is 6.04 Å². The van der Waals surface area contributed by atoms with Crippen LogP contribution in [0.25, 0.3) is 11.4 Å². The van der Waals surface area contributed by atoms with Gasteiger partial charge in [-0.3, -0.25) is 0 Å². The minimum atomic E-state index is -0.581. The van der Waals surface area contributed by atoms with Gasteiger partial charge >= 0.3 is 6.09 Å². The Kier molecular flexibility index (Phi) is 6.12. The van der Waals surface area contributed by atoms with Crippen LogP contribution in [0.15, 0.2) is 91.5 Å². The Balaban J connectivity index is 1.67. The van der Waals surface area contributed by atoms with E-state index in [1.165, 1.54) is 0 Å². The highest BCUT2D eigenvalue weighted by atomic mass is 16.6. The van der Waals surface area contributed by atoms with E-state index >= 15 is 0 Å². The Labute approximate surface area is 188 Å². The summed E-state index contributed by atoms with van der Waals surface area (Å²) in [5.41, 5.74) is 2.53. The largest absolute Gasteiger partial charge is 0.444 e. The van der Waals surface area contributed by atoms with Crippen molar-refractivity contribution in [3.05, 3.63) is 103 Å². The van der Waals surface area contributed by atoms with Crippen LogP contribution >= 0.6 is 0 Å². The first kappa shape index (κ1) is 21.4. The SMILES string of the molecule is CC(C)(C)OC(=O)NC(Cc1ccccc1)c1nccn1-c1cccc(-n2cccc2)c1. The minimum absolute atomic E-state index is 0.363. The number of rotatable bonds is 6. The van der Waals surface area contributed by atoms with Gasteiger partial charge in [0.1, 0.15) is 11.4 Å². The normalized spacial score (nSPS) is 12.3. The molecule has 1 amide bonds. The predicted octanol–water partition coefficient (Wildman–Crippen LogP) is 5.47. The van der Waals surface area contributed by atoms with E-state index in [9.17, 15) is 4.79 Å². The first-order chi connectivity index (χ1) is 15.4. The van der Waals surface area contributed by atoms with E-state index in [4.69, 9.17) is 4.74 Å². The van der Waals surface area contributed by atoms with Crippen molar-refractivity contribution < 1.29 is 9.53 Å². The van der Waals surface area contributed by atoms with E-state index in [0.717, 1.165) is 22.8 Å². The summed E-state index contributed by atoms with van der Waals surface area (Å²) in [6.45, 7) is 5.56. The molecule has 0 saturated heterocycles. The van der Waals surface area contributed by atoms with Gasteiger partial charge < -0.3 is 19.2 Å². The van der Waals surface area contributed by atoms with Crippen molar-refractivity contribution in [2.24, 2.45) is 0 Å². The molecular weight excluding hydrogens is 400 g/mol. The molecule has 0 aliphatic rings. The molecule has 2 aromatic carbocycles. The van der Waals surface area contributed by atoms with Crippen molar-refractivity contribution in [3.63, 3.8) is 0 Å². The summed E-state index contributed by atoms with van der Waals surface area (Å²) in [5, 5.41) is 3.03. The molecule has 0 fully saturated rings. The van der Waals surface area contributed by atoms with Crippen molar-refractivity contribution in [1.29, 1.82) is 0 Å². The predicted molar refractivity (Wildman–Crippen MR) is 125 cm³/mol. The average Bonchev–Trinajstić information content (AvgIpc) is 3.45. The molecule has 6 nitrogen and oxygen atoms in total. The molecule has 2 heterocycles. The van der Waals surface area contributed by atoms with Crippen LogP contribution in [0.2, 0.25) is 0 Å². The van der Waals surface area contributed by atoms with Gasteiger partial charge in [-0.1, -0.05) is 36.4 Å². The number of nitrogens with zero attached hydrogens (tertiary/aromatic N) is 3. The highest BCUT2D eigenvalue weighted by Gasteiger charge is 2.24. The van der Waals surface area contributed by atoms with Crippen LogP contribution in [0.5, 0.6) is 0 Å². The molecule has 4 aromatic rings. The monoisotopic (exact) mass is 428 g/mol. The van der Waals surface area contributed by atoms with Gasteiger partial charge in [0.25, 0.3) is 0 Å². The average molecular weight is 429 g/mol. The molecule has 1 atom stereocenters. The molecule has 0 aliphatic heterocycles. The second-order valence-electron chi connectivity index (χ2n) is 8.65. The summed E-state index contributed by atoms with van der Waals surface area (Å²) in [6, 6.07) is 21.9. The number of alkyl carbamates (subject to hydrolysis) is 1. The molecule has 4 rings (SSSR count). The Morgan fingerprint density at radius 2 is 1.69 bits per heavy atom. The third-order valence-electron chi connectivity index (χ3n) is 4.97. The van der Waals surface area contributed by atoms with Crippen LogP contribution in [0.1, 0.15) is 38.2 Å². The summed E-state index contributed by atoms with van der Waals surface area (Å²) in [4.78, 5) is 17.3. The van der Waals surface area contributed by atoms with E-state index < -0.39 is 11.7 Å². The lowest BCUT2D eigenvalue weighted by molar-refractivity contribution is 0.0500. The molecule has 6 heteroatoms. The van der Waals surface area contributed by atoms with Gasteiger partial charge in [-0.25, -0.2) is 9.78 Å². The zero-order valence-corrected chi connectivity index (χ0v) is 18.6. The second-order valence-corrected chi connectivity index (χ2v) is 8.65. The fraction of sp³-hybridized carbons (Fsp3) is 0.231. The maximum absolute atomic E-state index is 12.6. The van der Waals surface area contributed by atoms with E-state index in [2.05, 4.69) is 27.0 Å². The first-order valence-electron chi connectivity index (χ1n) is 10.7. The summed E-state index contributed by atoms with van der Waals surface area (Å²) in [6.07, 6.45) is 7.82. The lowest BCUT2D eigenvalue weighted by Crippen LogP contribution is -2.36. The number of nitrogens with one attached hydrogen (secondary N) is 1. The molecule has 1 N–H and O–H groups in total. The molecule has 32 heavy (non-hydrogen) atoms. The summed E-state index contributed by atoms with van der Waals surface area (Å²) in [7, 11) is 0. The summed E-state index contributed by atoms with van der Waals surface area (Å²) in [5.74, 6) is 0.740. The van der Waals surface area contributed by atoms with Crippen molar-refractivity contribution in [2.45, 2.75) is 38.8 Å². The Morgan fingerprint density at radius 3 is 2.41 bits per heavy atom. The molecule has 0 spiro atoms. The molecule has 2 aromatic heterocycles. The van der Waals surface area contributed by atoms with Gasteiger partial charge in [0.2, 0.25) is 0 Å². The Bertz CT molecular complexity index is 1160. The number of amides is 1. The van der Waals surface area contributed by atoms with Gasteiger partial charge in [-0.05, 0) is 56.7 Å². The van der Waals surface area contributed by atoms with Crippen LogP contribution in [0.4, 0.5) is 4.79 Å². The third-order valence-corrected chi connectivity index (χ3v) is 4.97. The van der Waals surface area contributed by atoms with E-state index in [1.807, 2.05) is 98.5 Å². The fourth-order valence-electron chi connectivity index (χ4n) is 3.61. The smallest absolute Gasteiger partial charge is 0.408 e. The first-order valence-corrected chi connectivity index (χ1v) is 10.7. The highest BCUT2D eigenvalue weighted by molar-refractivity contribution is 5.68. The molecule has 0 aliphatic carbocycles. The molecule has 164 valence electrons. The maximum atomic E-state index is 12.6. The zero-order valence-electron chi connectivity index (χ0n) is 18.6. The number of ether oxygens (including phenoxy) is 1. The zero-order chi connectivity index (χ0) is 22.6. The van der Waals surface area contributed by atoms with Gasteiger partial charge in [0, 0.05) is 42.6 Å². The van der Waals surface area contributed by atoms with Crippen LogP contribution < -0.4 is 5.32 Å². The van der Waals surface area contributed by atoms with E-state index in [1.54, 1.807) is 6.20 Å². The van der Waals surface area contributed by atoms with E-state index in [0.29, 0.717) is 6.42 Å². The van der Waals surface area contributed by atoms with Crippen molar-refractivity contribution in [1.82, 2.24) is 19.4 Å². The molecule has 0 saturated carbocycles. The number of carbonyl (C=O) groups excluding carboxylic acids is 1. The van der Waals surface area contributed by atoms with Gasteiger partial charge in [0.05, 0.1) is 6.04 Å². The highest BCUT2D eigenvalue weighted by Crippen LogP contribution is 2.23. The quantitative estimate of drug-likeness (QED) is 0.443. The number of carbonyl (C=O) groups is 1. The lowest BCUT2D eigenvalue weighted by atomic mass is 10.1. The topological polar surface area (TPSA) is 61.1 Å². The number of hydrogen-bond donors (Lipinski definition) is 1. The van der Waals surface area contributed by atoms with Crippen molar-refractivity contribution in [3.8, 4) is 11.4 Å². The summed E-state index contributed by atoms with van der Waals surface area (Å²) < 4.78 is 9.60. The molecule has 0 radical (unpaired) electrons. The van der Waals surface area contributed by atoms with Crippen LogP contribution in [-0.2, 0) is 11.2 Å². The van der Waals surface area contributed by atoms with Crippen molar-refractivity contribution in [2.75, 3.05) is 0 Å². The van der Waals surface area contributed by atoms with Crippen LogP contribution in [0, 0.1) is 0 Å². The third kappa shape index (κ3) is 5.27. The standard InChI is InChI=1S/C26H28N4O2/c1-26(2,3)32-25(31)28-23(18-20-10-5-4-6-11-20)24-27-14-17-30(24)22-13-9-12-21(19-22)29-15-7-8-16-29/h4-17,19,23H,18H2,1-3H3,(H,28,31). The Hall–Kier alpha value is -3.80. The molecule has 0 bridgehead atoms. The second kappa shape index (κ2) is 9.14. The lowest BCUT2D eigenvalue weighted by Gasteiger charge is -2.24. The number of imidazole rings is 1. The minimum Gasteiger partial charge on any atom is -0.444 e. The number of hydrogen-bond acceptors (Lipinski definition) is 3. The number of benzene rings is 2. The number of aromatic nitrogens is 3. The van der Waals surface area contributed by atoms with Crippen LogP contribution in [-0.4, -0.2) is 25.8 Å². The van der Waals surface area contributed by atoms with Gasteiger partial charge in [0.15, 0.2) is 0 Å². The van der Waals surface area contributed by atoms with Gasteiger partial charge in [-0.15, -0.1) is 0 Å². The molecule has 1 unspecified atom stereocenters. The maximum Gasteiger partial charge on any atom is 0.408 e. The van der Waals surface area contributed by atoms with Crippen LogP contribution in [0.3, 0.4) is 0 Å². The fourth-order valence-corrected chi connectivity index (χ4v) is 3.61. The molecular formula is C26H28N4O2. The van der Waals surface area contributed by atoms with Crippen molar-refractivity contribution >= 4 is 6.09 Å². The Morgan fingerprint density at radius 1 is 0.969 bits per heavy atom.